The number of hydrogen-bond acceptors (Lipinski definition) is 4. The van der Waals surface area contributed by atoms with E-state index >= 15 is 0 Å². The molecule has 0 fully saturated rings. The van der Waals surface area contributed by atoms with E-state index in [0.29, 0.717) is 17.7 Å². The number of carbonyl (C=O) groups excluding carboxylic acids is 1. The van der Waals surface area contributed by atoms with Crippen LogP contribution in [0.25, 0.3) is 12.2 Å². The minimum Gasteiger partial charge on any atom is -0.508 e. The number of phenolic OH excluding ortho intramolecular Hbond substituents is 2. The molecule has 210 valence electrons. The molecule has 2 N–H and O–H groups in total. The molecule has 4 heteroatoms. The fourth-order valence-electron chi connectivity index (χ4n) is 3.56. The molecule has 0 bridgehead atoms. The normalized spacial score (nSPS) is 12.5. The Bertz CT molecular complexity index is 1210. The Morgan fingerprint density at radius 3 is 1.68 bits per heavy atom. The minimum atomic E-state index is -0.349. The summed E-state index contributed by atoms with van der Waals surface area (Å²) in [6, 6.07) is 11.5. The smallest absolute Gasteiger partial charge is 0.311 e. The third kappa shape index (κ3) is 15.8. The minimum absolute atomic E-state index is 0.0209. The first-order chi connectivity index (χ1) is 19.6. The predicted octanol–water partition coefficient (Wildman–Crippen LogP) is 9.65. The van der Waals surface area contributed by atoms with Crippen LogP contribution < -0.4 is 4.74 Å². The van der Waals surface area contributed by atoms with Crippen LogP contribution in [0.2, 0.25) is 0 Å². The van der Waals surface area contributed by atoms with Gasteiger partial charge in [0.05, 0.1) is 0 Å². The summed E-state index contributed by atoms with van der Waals surface area (Å²) in [5.74, 6) is 0.178. The number of allylic oxidation sites excluding steroid dienone is 12. The molecule has 0 aliphatic heterocycles. The largest absolute Gasteiger partial charge is 0.508 e. The Morgan fingerprint density at radius 2 is 1.12 bits per heavy atom. The maximum atomic E-state index is 12.2. The molecule has 0 radical (unpaired) electrons. The van der Waals surface area contributed by atoms with Gasteiger partial charge in [0.1, 0.15) is 17.2 Å². The summed E-state index contributed by atoms with van der Waals surface area (Å²) in [5.41, 5.74) is 1.60. The van der Waals surface area contributed by atoms with E-state index in [4.69, 9.17) is 4.74 Å². The summed E-state index contributed by atoms with van der Waals surface area (Å²) in [6.07, 6.45) is 36.1. The number of ether oxygens (including phenoxy) is 1. The van der Waals surface area contributed by atoms with E-state index in [9.17, 15) is 15.0 Å². The first-order valence-electron chi connectivity index (χ1n) is 14.0. The summed E-state index contributed by atoms with van der Waals surface area (Å²) in [4.78, 5) is 12.2. The molecule has 4 nitrogen and oxygen atoms in total. The van der Waals surface area contributed by atoms with Gasteiger partial charge < -0.3 is 14.9 Å². The van der Waals surface area contributed by atoms with Crippen molar-refractivity contribution in [2.45, 2.75) is 58.3 Å². The highest BCUT2D eigenvalue weighted by atomic mass is 16.5. The van der Waals surface area contributed by atoms with E-state index in [0.717, 1.165) is 44.1 Å². The van der Waals surface area contributed by atoms with Gasteiger partial charge in [0.2, 0.25) is 0 Å². The molecule has 0 saturated carbocycles. The molecule has 0 spiro atoms. The number of rotatable bonds is 17. The Hall–Kier alpha value is -4.31. The summed E-state index contributed by atoms with van der Waals surface area (Å²) in [5, 5.41) is 19.4. The molecule has 0 amide bonds. The molecule has 40 heavy (non-hydrogen) atoms. The summed E-state index contributed by atoms with van der Waals surface area (Å²) in [7, 11) is 0. The fraction of sp³-hybridized carbons (Fsp3) is 0.250. The van der Waals surface area contributed by atoms with E-state index in [1.807, 2.05) is 18.2 Å². The van der Waals surface area contributed by atoms with Crippen LogP contribution in [0, 0.1) is 0 Å². The standard InChI is InChI=1S/C36H42O4/c1-2-3-4-5-6-7-8-9-10-11-12-13-14-15-16-17-18-19-20-21-36(39)40-35-29-32(28-34(38)30-35)23-22-31-24-26-33(37)27-25-31/h3-4,6-7,9-10,12-13,15-16,18-19,22-30,37-38H,2,5,8,11,14,17,20-21H2,1H3/b4-3-,7-6-,10-9-,13-12-,16-15-,19-18-,23-22+. The third-order valence-corrected chi connectivity index (χ3v) is 5.62. The number of phenols is 2. The molecule has 2 aromatic rings. The van der Waals surface area contributed by atoms with Crippen molar-refractivity contribution in [1.29, 1.82) is 0 Å². The first kappa shape index (κ1) is 31.9. The predicted molar refractivity (Wildman–Crippen MR) is 168 cm³/mol. The van der Waals surface area contributed by atoms with Crippen LogP contribution in [-0.2, 0) is 4.79 Å². The quantitative estimate of drug-likeness (QED) is 0.0910. The maximum Gasteiger partial charge on any atom is 0.311 e. The Labute approximate surface area is 239 Å². The van der Waals surface area contributed by atoms with Gasteiger partial charge in [0.15, 0.2) is 0 Å². The molecule has 0 aliphatic carbocycles. The fourth-order valence-corrected chi connectivity index (χ4v) is 3.56. The first-order valence-corrected chi connectivity index (χ1v) is 14.0. The van der Waals surface area contributed by atoms with E-state index in [1.165, 1.54) is 6.07 Å². The summed E-state index contributed by atoms with van der Waals surface area (Å²) >= 11 is 0. The number of benzene rings is 2. The summed E-state index contributed by atoms with van der Waals surface area (Å²) in [6.45, 7) is 2.15. The number of carbonyl (C=O) groups is 1. The molecule has 0 unspecified atom stereocenters. The number of aromatic hydroxyl groups is 2. The lowest BCUT2D eigenvalue weighted by atomic mass is 10.1. The van der Waals surface area contributed by atoms with Crippen molar-refractivity contribution in [2.75, 3.05) is 0 Å². The SMILES string of the molecule is CC/C=C\C/C=C\C/C=C\C/C=C\C/C=C\C/C=C\CCC(=O)Oc1cc(O)cc(/C=C/c2ccc(O)cc2)c1. The van der Waals surface area contributed by atoms with Crippen molar-refractivity contribution < 1.29 is 19.7 Å². The monoisotopic (exact) mass is 538 g/mol. The Balaban J connectivity index is 1.59. The van der Waals surface area contributed by atoms with Crippen molar-refractivity contribution in [3.8, 4) is 17.2 Å². The second-order valence-corrected chi connectivity index (χ2v) is 9.11. The zero-order valence-electron chi connectivity index (χ0n) is 23.5. The topological polar surface area (TPSA) is 66.8 Å². The van der Waals surface area contributed by atoms with E-state index in [-0.39, 0.29) is 23.9 Å². The average molecular weight is 539 g/mol. The lowest BCUT2D eigenvalue weighted by molar-refractivity contribution is -0.134. The van der Waals surface area contributed by atoms with Crippen LogP contribution in [0.1, 0.15) is 69.4 Å². The number of hydrogen-bond donors (Lipinski definition) is 2. The third-order valence-electron chi connectivity index (χ3n) is 5.62. The Kier molecular flexibility index (Phi) is 16.5. The Morgan fingerprint density at radius 1 is 0.625 bits per heavy atom. The van der Waals surface area contributed by atoms with Crippen LogP contribution in [0.3, 0.4) is 0 Å². The zero-order valence-corrected chi connectivity index (χ0v) is 23.5. The lowest BCUT2D eigenvalue weighted by Crippen LogP contribution is -2.07. The summed E-state index contributed by atoms with van der Waals surface area (Å²) < 4.78 is 5.41. The molecule has 2 rings (SSSR count). The molecular weight excluding hydrogens is 496 g/mol. The van der Waals surface area contributed by atoms with Gasteiger partial charge >= 0.3 is 5.97 Å². The van der Waals surface area contributed by atoms with Crippen molar-refractivity contribution in [2.24, 2.45) is 0 Å². The van der Waals surface area contributed by atoms with Gasteiger partial charge in [-0.3, -0.25) is 4.79 Å². The highest BCUT2D eigenvalue weighted by molar-refractivity contribution is 5.74. The van der Waals surface area contributed by atoms with E-state index in [1.54, 1.807) is 42.5 Å². The van der Waals surface area contributed by atoms with Gasteiger partial charge in [0.25, 0.3) is 0 Å². The van der Waals surface area contributed by atoms with Gasteiger partial charge in [-0.25, -0.2) is 0 Å². The lowest BCUT2D eigenvalue weighted by Gasteiger charge is -2.06. The van der Waals surface area contributed by atoms with Crippen LogP contribution >= 0.6 is 0 Å². The second-order valence-electron chi connectivity index (χ2n) is 9.11. The molecule has 0 saturated heterocycles. The van der Waals surface area contributed by atoms with Gasteiger partial charge in [-0.15, -0.1) is 0 Å². The van der Waals surface area contributed by atoms with Crippen LogP contribution in [0.15, 0.2) is 115 Å². The van der Waals surface area contributed by atoms with Gasteiger partial charge in [-0.1, -0.05) is 104 Å². The van der Waals surface area contributed by atoms with E-state index in [2.05, 4.69) is 67.7 Å². The molecule has 0 aromatic heterocycles. The van der Waals surface area contributed by atoms with Crippen molar-refractivity contribution in [3.05, 3.63) is 127 Å². The van der Waals surface area contributed by atoms with Gasteiger partial charge in [0, 0.05) is 12.5 Å². The zero-order chi connectivity index (χ0) is 28.7. The van der Waals surface area contributed by atoms with Crippen molar-refractivity contribution in [3.63, 3.8) is 0 Å². The molecule has 0 heterocycles. The average Bonchev–Trinajstić information content (AvgIpc) is 2.93. The molecular formula is C36H42O4. The number of esters is 1. The van der Waals surface area contributed by atoms with Crippen LogP contribution in [-0.4, -0.2) is 16.2 Å². The highest BCUT2D eigenvalue weighted by Crippen LogP contribution is 2.24. The van der Waals surface area contributed by atoms with Gasteiger partial charge in [-0.05, 0) is 80.3 Å². The van der Waals surface area contributed by atoms with Crippen molar-refractivity contribution >= 4 is 18.1 Å². The van der Waals surface area contributed by atoms with Crippen LogP contribution in [0.4, 0.5) is 0 Å². The van der Waals surface area contributed by atoms with Crippen molar-refractivity contribution in [1.82, 2.24) is 0 Å². The van der Waals surface area contributed by atoms with E-state index < -0.39 is 0 Å². The van der Waals surface area contributed by atoms with Crippen LogP contribution in [0.5, 0.6) is 17.2 Å². The molecule has 0 atom stereocenters. The molecule has 2 aromatic carbocycles. The second kappa shape index (κ2) is 20.6. The highest BCUT2D eigenvalue weighted by Gasteiger charge is 2.06. The van der Waals surface area contributed by atoms with Gasteiger partial charge in [-0.2, -0.15) is 0 Å². The molecule has 0 aliphatic rings. The maximum absolute atomic E-state index is 12.2.